The first-order valence-corrected chi connectivity index (χ1v) is 3.36. The molecule has 2 heteroatoms. The summed E-state index contributed by atoms with van der Waals surface area (Å²) < 4.78 is 5.27. The second kappa shape index (κ2) is 2.48. The summed E-state index contributed by atoms with van der Waals surface area (Å²) in [7, 11) is 0. The summed E-state index contributed by atoms with van der Waals surface area (Å²) in [6.07, 6.45) is 2.14. The van der Waals surface area contributed by atoms with Gasteiger partial charge in [0.25, 0.3) is 0 Å². The first-order chi connectivity index (χ1) is 4.20. The lowest BCUT2D eigenvalue weighted by atomic mass is 10.1. The maximum Gasteiger partial charge on any atom is 0.158 e. The molecule has 2 atom stereocenters. The third-order valence-corrected chi connectivity index (χ3v) is 1.69. The Bertz CT molecular complexity index is 120. The van der Waals surface area contributed by atoms with Crippen molar-refractivity contribution < 1.29 is 9.53 Å². The minimum atomic E-state index is -0.0972. The van der Waals surface area contributed by atoms with Gasteiger partial charge in [0.2, 0.25) is 0 Å². The molecule has 1 rings (SSSR count). The van der Waals surface area contributed by atoms with Crippen LogP contribution in [0.4, 0.5) is 0 Å². The van der Waals surface area contributed by atoms with Gasteiger partial charge in [-0.15, -0.1) is 0 Å². The summed E-state index contributed by atoms with van der Waals surface area (Å²) in [6.45, 7) is 3.59. The SMILES string of the molecule is CC(=O)C1CCC(C)O1. The van der Waals surface area contributed by atoms with Crippen LogP contribution in [0.5, 0.6) is 0 Å². The molecule has 2 unspecified atom stereocenters. The molecule has 52 valence electrons. The summed E-state index contributed by atoms with van der Waals surface area (Å²) in [4.78, 5) is 10.7. The summed E-state index contributed by atoms with van der Waals surface area (Å²) in [5.41, 5.74) is 0. The molecule has 1 fully saturated rings. The predicted molar refractivity (Wildman–Crippen MR) is 34.2 cm³/mol. The monoisotopic (exact) mass is 128 g/mol. The van der Waals surface area contributed by atoms with E-state index in [1.54, 1.807) is 6.92 Å². The molecule has 1 aliphatic rings. The largest absolute Gasteiger partial charge is 0.368 e. The highest BCUT2D eigenvalue weighted by Crippen LogP contribution is 2.18. The molecule has 1 heterocycles. The van der Waals surface area contributed by atoms with Gasteiger partial charge in [-0.3, -0.25) is 4.79 Å². The molecule has 0 spiro atoms. The van der Waals surface area contributed by atoms with Gasteiger partial charge < -0.3 is 4.74 Å². The van der Waals surface area contributed by atoms with Crippen molar-refractivity contribution in [1.29, 1.82) is 0 Å². The molecule has 0 aromatic heterocycles. The second-order valence-electron chi connectivity index (χ2n) is 2.62. The Labute approximate surface area is 55.2 Å². The van der Waals surface area contributed by atoms with Crippen LogP contribution < -0.4 is 0 Å². The van der Waals surface area contributed by atoms with E-state index in [2.05, 4.69) is 0 Å². The lowest BCUT2D eigenvalue weighted by Gasteiger charge is -2.04. The molecule has 2 nitrogen and oxygen atoms in total. The Hall–Kier alpha value is -0.370. The topological polar surface area (TPSA) is 26.3 Å². The molecule has 1 aliphatic heterocycles. The molecule has 0 aromatic carbocycles. The van der Waals surface area contributed by atoms with Crippen LogP contribution in [0, 0.1) is 0 Å². The third-order valence-electron chi connectivity index (χ3n) is 1.69. The molecule has 0 radical (unpaired) electrons. The van der Waals surface area contributed by atoms with Gasteiger partial charge in [0.1, 0.15) is 6.10 Å². The fourth-order valence-electron chi connectivity index (χ4n) is 1.10. The van der Waals surface area contributed by atoms with Gasteiger partial charge in [0.05, 0.1) is 6.10 Å². The quantitative estimate of drug-likeness (QED) is 0.529. The van der Waals surface area contributed by atoms with E-state index in [1.807, 2.05) is 6.92 Å². The molecule has 0 amide bonds. The Morgan fingerprint density at radius 1 is 1.56 bits per heavy atom. The number of carbonyl (C=O) groups is 1. The van der Waals surface area contributed by atoms with Crippen molar-refractivity contribution in [1.82, 2.24) is 0 Å². The number of hydrogen-bond donors (Lipinski definition) is 0. The summed E-state index contributed by atoms with van der Waals surface area (Å²) >= 11 is 0. The third kappa shape index (κ3) is 1.52. The molecular weight excluding hydrogens is 116 g/mol. The van der Waals surface area contributed by atoms with Crippen molar-refractivity contribution in [3.05, 3.63) is 0 Å². The maximum atomic E-state index is 10.7. The first-order valence-electron chi connectivity index (χ1n) is 3.36. The molecule has 9 heavy (non-hydrogen) atoms. The lowest BCUT2D eigenvalue weighted by Crippen LogP contribution is -2.16. The van der Waals surface area contributed by atoms with Crippen LogP contribution in [0.3, 0.4) is 0 Å². The summed E-state index contributed by atoms with van der Waals surface area (Å²) in [5.74, 6) is 0.166. The van der Waals surface area contributed by atoms with Gasteiger partial charge in [-0.05, 0) is 26.7 Å². The van der Waals surface area contributed by atoms with Gasteiger partial charge in [0.15, 0.2) is 5.78 Å². The van der Waals surface area contributed by atoms with Crippen LogP contribution in [0.25, 0.3) is 0 Å². The van der Waals surface area contributed by atoms with Crippen LogP contribution in [0.1, 0.15) is 26.7 Å². The van der Waals surface area contributed by atoms with Crippen molar-refractivity contribution in [3.8, 4) is 0 Å². The highest BCUT2D eigenvalue weighted by molar-refractivity contribution is 5.80. The zero-order valence-corrected chi connectivity index (χ0v) is 5.89. The molecule has 0 aromatic rings. The lowest BCUT2D eigenvalue weighted by molar-refractivity contribution is -0.127. The first kappa shape index (κ1) is 6.75. The highest BCUT2D eigenvalue weighted by Gasteiger charge is 2.24. The zero-order chi connectivity index (χ0) is 6.85. The number of carbonyl (C=O) groups excluding carboxylic acids is 1. The van der Waals surface area contributed by atoms with E-state index < -0.39 is 0 Å². The van der Waals surface area contributed by atoms with Crippen LogP contribution in [0.15, 0.2) is 0 Å². The number of rotatable bonds is 1. The van der Waals surface area contributed by atoms with E-state index in [1.165, 1.54) is 0 Å². The molecule has 1 saturated heterocycles. The van der Waals surface area contributed by atoms with E-state index in [0.29, 0.717) is 6.10 Å². The minimum absolute atomic E-state index is 0.0972. The second-order valence-corrected chi connectivity index (χ2v) is 2.62. The molecule has 0 aliphatic carbocycles. The standard InChI is InChI=1S/C7H12O2/c1-5-3-4-7(9-5)6(2)8/h5,7H,3-4H2,1-2H3. The normalized spacial score (nSPS) is 34.9. The molecule has 0 bridgehead atoms. The fraction of sp³-hybridized carbons (Fsp3) is 0.857. The van der Waals surface area contributed by atoms with E-state index in [0.717, 1.165) is 12.8 Å². The van der Waals surface area contributed by atoms with E-state index in [-0.39, 0.29) is 11.9 Å². The fourth-order valence-corrected chi connectivity index (χ4v) is 1.10. The van der Waals surface area contributed by atoms with Gasteiger partial charge >= 0.3 is 0 Å². The number of ether oxygens (including phenoxy) is 1. The number of ketones is 1. The molecule has 0 saturated carbocycles. The predicted octanol–water partition coefficient (Wildman–Crippen LogP) is 1.14. The van der Waals surface area contributed by atoms with Crippen molar-refractivity contribution >= 4 is 5.78 Å². The van der Waals surface area contributed by atoms with Crippen molar-refractivity contribution in [2.45, 2.75) is 38.9 Å². The Kier molecular flexibility index (Phi) is 1.86. The van der Waals surface area contributed by atoms with Crippen LogP contribution in [-0.4, -0.2) is 18.0 Å². The summed E-state index contributed by atoms with van der Waals surface area (Å²) in [5, 5.41) is 0. The van der Waals surface area contributed by atoms with Crippen LogP contribution in [0.2, 0.25) is 0 Å². The van der Waals surface area contributed by atoms with Crippen molar-refractivity contribution in [3.63, 3.8) is 0 Å². The average Bonchev–Trinajstić information content (AvgIpc) is 2.14. The van der Waals surface area contributed by atoms with E-state index >= 15 is 0 Å². The highest BCUT2D eigenvalue weighted by atomic mass is 16.5. The van der Waals surface area contributed by atoms with Crippen LogP contribution >= 0.6 is 0 Å². The van der Waals surface area contributed by atoms with Gasteiger partial charge in [-0.2, -0.15) is 0 Å². The number of hydrogen-bond acceptors (Lipinski definition) is 2. The Morgan fingerprint density at radius 3 is 2.44 bits per heavy atom. The summed E-state index contributed by atoms with van der Waals surface area (Å²) in [6, 6.07) is 0. The van der Waals surface area contributed by atoms with Crippen LogP contribution in [-0.2, 0) is 9.53 Å². The van der Waals surface area contributed by atoms with Gasteiger partial charge in [-0.1, -0.05) is 0 Å². The van der Waals surface area contributed by atoms with Gasteiger partial charge in [-0.25, -0.2) is 0 Å². The maximum absolute atomic E-state index is 10.7. The van der Waals surface area contributed by atoms with Gasteiger partial charge in [0, 0.05) is 0 Å². The smallest absolute Gasteiger partial charge is 0.158 e. The van der Waals surface area contributed by atoms with E-state index in [9.17, 15) is 4.79 Å². The zero-order valence-electron chi connectivity index (χ0n) is 5.89. The van der Waals surface area contributed by atoms with Crippen molar-refractivity contribution in [2.24, 2.45) is 0 Å². The Morgan fingerprint density at radius 2 is 2.22 bits per heavy atom. The minimum Gasteiger partial charge on any atom is -0.368 e. The molecule has 0 N–H and O–H groups in total. The van der Waals surface area contributed by atoms with Crippen molar-refractivity contribution in [2.75, 3.05) is 0 Å². The molecular formula is C7H12O2. The van der Waals surface area contributed by atoms with E-state index in [4.69, 9.17) is 4.74 Å². The average molecular weight is 128 g/mol. The number of Topliss-reactive ketones (excluding diaryl/α,β-unsaturated/α-hetero) is 1. The Balaban J connectivity index is 2.39.